The second-order valence-corrected chi connectivity index (χ2v) is 34.3. The van der Waals surface area contributed by atoms with Crippen LogP contribution in [0.2, 0.25) is 5.02 Å². The summed E-state index contributed by atoms with van der Waals surface area (Å²) in [7, 11) is 0. The number of nitriles is 2. The Morgan fingerprint density at radius 3 is 1.55 bits per heavy atom. The van der Waals surface area contributed by atoms with Gasteiger partial charge in [0.2, 0.25) is 22.7 Å². The fourth-order valence-electron chi connectivity index (χ4n) is 9.34. The summed E-state index contributed by atoms with van der Waals surface area (Å²) in [5.41, 5.74) is 29.0. The highest BCUT2D eigenvalue weighted by Gasteiger charge is 2.13. The Balaban J connectivity index is 0.000000239. The third-order valence-electron chi connectivity index (χ3n) is 14.6. The highest BCUT2D eigenvalue weighted by atomic mass is 79.9. The maximum absolute atomic E-state index is 11.7. The number of anilines is 3. The van der Waals surface area contributed by atoms with Gasteiger partial charge in [-0.1, -0.05) is 128 Å². The maximum Gasteiger partial charge on any atom is 0.352 e. The second kappa shape index (κ2) is 48.7. The standard InChI is InChI=1S/C17H10N4O.C13H12BrNO2.C10H4BrClN2.C10H5BrN2O.C10H5BrN2.C8H8N2O.C8H11NO3.C6H6BrN.Cl3OP.H2O/c1-19-13-7-12-6-10(2-4-14(12)20-9-13)11-3-5-16-15(8-11)21-17(18)22-16;1-2-17-13(16)11(9-15)6-3-10-4-7-12(14)8-5-10;1-13-9-5-14-8-3-2-6(11)4-7(8)10(9)12;1-12-9-5-13-8-3-2-6(11)4-7(8)10(9)14;1-12-9-5-7-4-8(11)2-3-10(7)13-6-9;1-5-2-3-7-6(4-5)10-8(9)11-7;1-3-11-6-7(5-9)8(10)12-4-2;7-5-1-3-6(8)4-2-5;1-5(2,3)4;/h2-9H,(H2,18,21);4-8H,2-3H2,1H3;2-5H;2-5H,(H,13,14);2-6H;2-4H,1H3,(H2,9,10);6H,3-4H2,1-2H3;1-4H,8H2;;1H2/b;11-6+;;;;;7-6-;;;. The summed E-state index contributed by atoms with van der Waals surface area (Å²) >= 11 is 36.5. The quantitative estimate of drug-likeness (QED) is 0.0198. The lowest BCUT2D eigenvalue weighted by Gasteiger charge is -2.04. The number of esters is 2. The van der Waals surface area contributed by atoms with Gasteiger partial charge in [-0.05, 0) is 240 Å². The molecule has 0 saturated heterocycles. The maximum atomic E-state index is 11.7. The number of hydrogen-bond donors (Lipinski definition) is 4. The Morgan fingerprint density at radius 1 is 0.556 bits per heavy atom. The van der Waals surface area contributed by atoms with Crippen molar-refractivity contribution in [3.8, 4) is 23.3 Å². The number of nitrogens with one attached hydrogen (secondary N) is 1. The van der Waals surface area contributed by atoms with E-state index in [2.05, 4.69) is 167 Å². The van der Waals surface area contributed by atoms with Crippen LogP contribution in [0.5, 0.6) is 0 Å². The number of allylic oxidation sites excluding steroid dienone is 1. The van der Waals surface area contributed by atoms with Crippen molar-refractivity contribution in [1.82, 2.24) is 29.9 Å². The van der Waals surface area contributed by atoms with E-state index in [0.717, 1.165) is 111 Å². The molecule has 6 heterocycles. The van der Waals surface area contributed by atoms with Crippen molar-refractivity contribution in [2.45, 2.75) is 34.1 Å². The first-order valence-corrected chi connectivity index (χ1v) is 42.1. The first-order chi connectivity index (χ1) is 55.4. The number of nitrogens with two attached hydrogens (primary N) is 3. The molecule has 0 atom stereocenters. The minimum atomic E-state index is -3.22. The number of oxazole rings is 2. The second-order valence-electron chi connectivity index (χ2n) is 22.7. The topological polar surface area (TPSA) is 377 Å². The van der Waals surface area contributed by atoms with Crippen molar-refractivity contribution in [2.24, 2.45) is 0 Å². The first-order valence-electron chi connectivity index (χ1n) is 33.3. The van der Waals surface area contributed by atoms with Gasteiger partial charge in [0.25, 0.3) is 12.0 Å². The molecule has 0 fully saturated rings. The van der Waals surface area contributed by atoms with Crippen molar-refractivity contribution >= 4 is 248 Å². The summed E-state index contributed by atoms with van der Waals surface area (Å²) in [5, 5.41) is 17.8. The number of nitrogens with zero attached hydrogens (tertiary/aromatic N) is 11. The summed E-state index contributed by atoms with van der Waals surface area (Å²) in [6, 6.07) is 57.1. The minimum absolute atomic E-state index is 0. The number of carbonyl (C=O) groups excluding carboxylic acids is 2. The monoisotopic (exact) mass is 1980 g/mol. The average molecular weight is 1990 g/mol. The molecule has 0 unspecified atom stereocenters. The van der Waals surface area contributed by atoms with Gasteiger partial charge in [0, 0.05) is 69.1 Å². The molecule has 0 aliphatic rings. The van der Waals surface area contributed by atoms with Gasteiger partial charge >= 0.3 is 17.1 Å². The normalized spacial score (nSPS) is 10.3. The first kappa shape index (κ1) is 96.0. The van der Waals surface area contributed by atoms with E-state index in [1.807, 2.05) is 171 Å². The third kappa shape index (κ3) is 31.9. The number of halogens is 9. The highest BCUT2D eigenvalue weighted by Crippen LogP contribution is 2.61. The van der Waals surface area contributed by atoms with E-state index in [0.29, 0.717) is 46.1 Å². The predicted octanol–water partition coefficient (Wildman–Crippen LogP) is 24.5. The highest BCUT2D eigenvalue weighted by molar-refractivity contribution is 9.11. The van der Waals surface area contributed by atoms with Crippen LogP contribution in [-0.2, 0) is 34.8 Å². The Morgan fingerprint density at radius 2 is 1.02 bits per heavy atom. The van der Waals surface area contributed by atoms with Crippen LogP contribution in [-0.4, -0.2) is 67.1 Å². The average Bonchev–Trinajstić information content (AvgIpc) is 1.74. The van der Waals surface area contributed by atoms with Crippen LogP contribution in [0.4, 0.5) is 40.5 Å². The Labute approximate surface area is 732 Å². The zero-order chi connectivity index (χ0) is 85.0. The predicted molar refractivity (Wildman–Crippen MR) is 481 cm³/mol. The molecule has 35 heteroatoms. The van der Waals surface area contributed by atoms with Crippen molar-refractivity contribution in [3.05, 3.63) is 313 Å². The van der Waals surface area contributed by atoms with E-state index in [-0.39, 0.29) is 53.0 Å². The van der Waals surface area contributed by atoms with E-state index >= 15 is 0 Å². The molecular formula is C82H63Br5Cl4N15O10P. The van der Waals surface area contributed by atoms with Gasteiger partial charge < -0.3 is 55.5 Å². The number of aryl methyl sites for hydroxylation is 1. The van der Waals surface area contributed by atoms with Crippen LogP contribution in [0.15, 0.2) is 254 Å². The molecule has 0 aliphatic heterocycles. The van der Waals surface area contributed by atoms with Crippen LogP contribution in [0.1, 0.15) is 31.9 Å². The number of fused-ring (bicyclic) bond motifs is 6. The lowest BCUT2D eigenvalue weighted by Crippen LogP contribution is -2.06. The number of nitrogen functional groups attached to an aromatic ring is 3. The molecule has 25 nitrogen and oxygen atoms in total. The lowest BCUT2D eigenvalue weighted by atomic mass is 10.0. The third-order valence-corrected chi connectivity index (χ3v) is 17.5. The Hall–Kier alpha value is -11.6. The molecule has 0 amide bonds. The SMILES string of the molecule is CCO/C=C(/C#N)C(=O)OCC.CCOC(=O)/C(C#N)=C/Cc1ccc(Br)cc1.Cc1ccc2oc(N)nc2c1.Nc1ccc(Br)cc1.O.O=P(Cl)(Cl)Cl.[C-]#[N+]c1c[nH]c2ccc(Br)cc2c1=O.[C-]#[N+]c1cnc2ccc(-c3ccc4oc(N)nc4c3)cc2c1.[C-]#[N+]c1cnc2ccc(Br)cc2c1.[C-]#[N+]c1cnc2ccc(Br)cc2c1Cl. The molecule has 0 aliphatic carbocycles. The van der Waals surface area contributed by atoms with E-state index < -0.39 is 17.1 Å². The lowest BCUT2D eigenvalue weighted by molar-refractivity contribution is -0.139. The smallest absolute Gasteiger partial charge is 0.352 e. The van der Waals surface area contributed by atoms with Gasteiger partial charge in [-0.25, -0.2) is 29.0 Å². The summed E-state index contributed by atoms with van der Waals surface area (Å²) < 4.78 is 38.8. The van der Waals surface area contributed by atoms with Crippen molar-refractivity contribution < 1.29 is 42.7 Å². The van der Waals surface area contributed by atoms with Gasteiger partial charge in [0.1, 0.15) is 35.0 Å². The van der Waals surface area contributed by atoms with Crippen LogP contribution >= 0.6 is 130 Å². The number of rotatable bonds is 9. The Kier molecular flexibility index (Phi) is 40.0. The van der Waals surface area contributed by atoms with Gasteiger partial charge in [0.15, 0.2) is 22.2 Å². The number of aromatic nitrogens is 6. The fraction of sp³-hybridized carbons (Fsp3) is 0.0976. The summed E-state index contributed by atoms with van der Waals surface area (Å²) in [5.74, 6) is -1.21. The summed E-state index contributed by atoms with van der Waals surface area (Å²) in [4.78, 5) is 70.7. The number of carbonyl (C=O) groups is 2. The van der Waals surface area contributed by atoms with Crippen LogP contribution in [0, 0.1) is 55.9 Å². The molecule has 117 heavy (non-hydrogen) atoms. The molecule has 14 aromatic rings. The molecule has 0 spiro atoms. The number of hydrogen-bond acceptors (Lipinski definition) is 19. The number of pyridine rings is 4. The minimum Gasteiger partial charge on any atom is -0.500 e. The van der Waals surface area contributed by atoms with Crippen LogP contribution in [0.25, 0.3) is 96.3 Å². The Bertz CT molecular complexity index is 6260. The summed E-state index contributed by atoms with van der Waals surface area (Å²) in [6.45, 7) is 35.7. The summed E-state index contributed by atoms with van der Waals surface area (Å²) in [6.07, 6.45) is 9.33. The molecular weight excluding hydrogens is 1930 g/mol. The van der Waals surface area contributed by atoms with Crippen LogP contribution < -0.4 is 22.6 Å². The molecule has 0 bridgehead atoms. The number of benzene rings is 8. The molecule has 8 aromatic carbocycles. The van der Waals surface area contributed by atoms with Crippen LogP contribution in [0.3, 0.4) is 0 Å². The van der Waals surface area contributed by atoms with Crippen molar-refractivity contribution in [3.63, 3.8) is 0 Å². The molecule has 594 valence electrons. The van der Waals surface area contributed by atoms with Gasteiger partial charge in [-0.3, -0.25) is 19.5 Å². The fourth-order valence-corrected chi connectivity index (χ4v) is 11.2. The van der Waals surface area contributed by atoms with Gasteiger partial charge in [0.05, 0.1) is 67.7 Å². The van der Waals surface area contributed by atoms with E-state index in [1.54, 1.807) is 57.4 Å². The molecule has 0 saturated carbocycles. The number of ether oxygens (including phenoxy) is 3. The van der Waals surface area contributed by atoms with Crippen molar-refractivity contribution in [2.75, 3.05) is 37.0 Å². The number of aromatic amines is 1. The van der Waals surface area contributed by atoms with E-state index in [9.17, 15) is 18.9 Å². The van der Waals surface area contributed by atoms with E-state index in [4.69, 9.17) is 83.9 Å². The zero-order valence-corrected chi connectivity index (χ0v) is 73.5. The van der Waals surface area contributed by atoms with Gasteiger partial charge in [-0.15, -0.1) is 0 Å². The zero-order valence-electron chi connectivity index (χ0n) is 61.6. The molecule has 14 rings (SSSR count). The molecule has 6 aromatic heterocycles. The van der Waals surface area contributed by atoms with Crippen molar-refractivity contribution in [1.29, 1.82) is 10.5 Å². The van der Waals surface area contributed by atoms with Gasteiger partial charge in [-0.2, -0.15) is 20.5 Å². The van der Waals surface area contributed by atoms with E-state index in [1.165, 1.54) is 12.4 Å². The largest absolute Gasteiger partial charge is 0.500 e. The number of H-pyrrole nitrogens is 1. The molecule has 0 radical (unpaired) electrons. The molecule has 9 N–H and O–H groups in total.